The molecule has 0 unspecified atom stereocenters. The molecule has 0 bridgehead atoms. The molecule has 2 N–H and O–H groups in total. The Morgan fingerprint density at radius 2 is 2.03 bits per heavy atom. The minimum atomic E-state index is -0.785. The van der Waals surface area contributed by atoms with Crippen LogP contribution in [0.25, 0.3) is 0 Å². The van der Waals surface area contributed by atoms with Gasteiger partial charge in [0.15, 0.2) is 5.82 Å². The SMILES string of the molecule is Cn1ncc(NC(=O)Oc2nc(C3CC3)cnc2Nc2cccnc2)c1C(=O)N1CCC1. The molecule has 0 radical (unpaired) electrons. The highest BCUT2D eigenvalue weighted by molar-refractivity contribution is 6.01. The number of carbonyl (C=O) groups excluding carboxylic acids is 2. The average Bonchev–Trinajstić information content (AvgIpc) is 3.52. The molecular weight excluding hydrogens is 412 g/mol. The van der Waals surface area contributed by atoms with Crippen LogP contribution in [0.5, 0.6) is 5.88 Å². The van der Waals surface area contributed by atoms with Crippen molar-refractivity contribution in [2.45, 2.75) is 25.2 Å². The van der Waals surface area contributed by atoms with E-state index in [9.17, 15) is 9.59 Å². The summed E-state index contributed by atoms with van der Waals surface area (Å²) in [6.07, 6.45) is 8.65. The third-order valence-electron chi connectivity index (χ3n) is 5.39. The van der Waals surface area contributed by atoms with E-state index in [2.05, 4.69) is 30.7 Å². The summed E-state index contributed by atoms with van der Waals surface area (Å²) >= 11 is 0. The highest BCUT2D eigenvalue weighted by Crippen LogP contribution is 2.40. The molecule has 1 saturated carbocycles. The van der Waals surface area contributed by atoms with Crippen LogP contribution in [0.4, 0.5) is 22.0 Å². The summed E-state index contributed by atoms with van der Waals surface area (Å²) in [4.78, 5) is 40.1. The van der Waals surface area contributed by atoms with Gasteiger partial charge in [-0.3, -0.25) is 19.8 Å². The van der Waals surface area contributed by atoms with Crippen LogP contribution in [0.2, 0.25) is 0 Å². The van der Waals surface area contributed by atoms with Crippen molar-refractivity contribution < 1.29 is 14.3 Å². The van der Waals surface area contributed by atoms with Crippen LogP contribution < -0.4 is 15.4 Å². The summed E-state index contributed by atoms with van der Waals surface area (Å²) < 4.78 is 6.96. The molecule has 1 aliphatic carbocycles. The van der Waals surface area contributed by atoms with Crippen molar-refractivity contribution >= 4 is 29.2 Å². The van der Waals surface area contributed by atoms with Crippen LogP contribution in [0.3, 0.4) is 0 Å². The van der Waals surface area contributed by atoms with Crippen molar-refractivity contribution in [2.24, 2.45) is 7.05 Å². The van der Waals surface area contributed by atoms with Gasteiger partial charge in [0.05, 0.1) is 35.7 Å². The lowest BCUT2D eigenvalue weighted by atomic mass is 10.2. The minimum Gasteiger partial charge on any atom is -0.387 e. The van der Waals surface area contributed by atoms with E-state index in [4.69, 9.17) is 4.74 Å². The first-order chi connectivity index (χ1) is 15.6. The van der Waals surface area contributed by atoms with Gasteiger partial charge in [0, 0.05) is 32.3 Å². The zero-order valence-corrected chi connectivity index (χ0v) is 17.5. The molecule has 3 aromatic rings. The van der Waals surface area contributed by atoms with E-state index < -0.39 is 6.09 Å². The van der Waals surface area contributed by atoms with Crippen molar-refractivity contribution in [2.75, 3.05) is 23.7 Å². The lowest BCUT2D eigenvalue weighted by Crippen LogP contribution is -2.43. The average molecular weight is 434 g/mol. The molecule has 2 fully saturated rings. The number of likely N-dealkylation sites (tertiary alicyclic amines) is 1. The van der Waals surface area contributed by atoms with Crippen molar-refractivity contribution in [1.29, 1.82) is 0 Å². The monoisotopic (exact) mass is 434 g/mol. The van der Waals surface area contributed by atoms with Gasteiger partial charge in [-0.25, -0.2) is 14.8 Å². The molecule has 3 aromatic heterocycles. The topological polar surface area (TPSA) is 127 Å². The maximum Gasteiger partial charge on any atom is 0.418 e. The highest BCUT2D eigenvalue weighted by atomic mass is 16.6. The fraction of sp³-hybridized carbons (Fsp3) is 0.333. The van der Waals surface area contributed by atoms with Gasteiger partial charge in [-0.05, 0) is 31.4 Å². The number of aromatic nitrogens is 5. The summed E-state index contributed by atoms with van der Waals surface area (Å²) in [6.45, 7) is 1.39. The molecule has 164 valence electrons. The first kappa shape index (κ1) is 19.9. The first-order valence-corrected chi connectivity index (χ1v) is 10.4. The van der Waals surface area contributed by atoms with Crippen molar-refractivity contribution in [1.82, 2.24) is 29.6 Å². The van der Waals surface area contributed by atoms with Gasteiger partial charge in [-0.15, -0.1) is 0 Å². The molecule has 11 heteroatoms. The predicted octanol–water partition coefficient (Wildman–Crippen LogP) is 2.68. The van der Waals surface area contributed by atoms with Gasteiger partial charge >= 0.3 is 6.09 Å². The van der Waals surface area contributed by atoms with E-state index in [0.29, 0.717) is 36.2 Å². The third kappa shape index (κ3) is 4.09. The van der Waals surface area contributed by atoms with Crippen molar-refractivity contribution in [3.8, 4) is 5.88 Å². The maximum atomic E-state index is 12.7. The Balaban J connectivity index is 1.36. The number of nitrogens with one attached hydrogen (secondary N) is 2. The van der Waals surface area contributed by atoms with Crippen LogP contribution in [0, 0.1) is 0 Å². The van der Waals surface area contributed by atoms with Gasteiger partial charge in [-0.2, -0.15) is 5.10 Å². The number of amides is 2. The number of rotatable bonds is 6. The second-order valence-electron chi connectivity index (χ2n) is 7.78. The Labute approximate surface area is 183 Å². The van der Waals surface area contributed by atoms with Gasteiger partial charge < -0.3 is 15.0 Å². The van der Waals surface area contributed by atoms with Gasteiger partial charge in [0.25, 0.3) is 11.8 Å². The Morgan fingerprint density at radius 1 is 1.19 bits per heavy atom. The summed E-state index contributed by atoms with van der Waals surface area (Å²) in [5, 5.41) is 9.80. The standard InChI is InChI=1S/C21H22N8O3/c1-28-17(20(30)29-8-3-9-29)16(12-24-28)27-21(31)32-19-18(25-14-4-2-7-22-10-14)23-11-15(26-19)13-5-6-13/h2,4,7,10-13H,3,5-6,8-9H2,1H3,(H,23,25)(H,27,31). The van der Waals surface area contributed by atoms with Crippen LogP contribution in [-0.2, 0) is 7.05 Å². The normalized spacial score (nSPS) is 15.1. The number of hydrogen-bond acceptors (Lipinski definition) is 8. The Bertz CT molecular complexity index is 1160. The molecule has 0 aromatic carbocycles. The third-order valence-corrected chi connectivity index (χ3v) is 5.39. The zero-order valence-electron chi connectivity index (χ0n) is 17.5. The summed E-state index contributed by atoms with van der Waals surface area (Å²) in [6, 6.07) is 3.59. The molecule has 1 aliphatic heterocycles. The summed E-state index contributed by atoms with van der Waals surface area (Å²) in [5.41, 5.74) is 2.04. The predicted molar refractivity (Wildman–Crippen MR) is 115 cm³/mol. The van der Waals surface area contributed by atoms with E-state index in [-0.39, 0.29) is 17.5 Å². The lowest BCUT2D eigenvalue weighted by Gasteiger charge is -2.31. The number of hydrogen-bond donors (Lipinski definition) is 2. The maximum absolute atomic E-state index is 12.7. The molecule has 5 rings (SSSR count). The van der Waals surface area contributed by atoms with E-state index in [1.54, 1.807) is 36.6 Å². The quantitative estimate of drug-likeness (QED) is 0.606. The molecule has 0 atom stereocenters. The number of anilines is 3. The fourth-order valence-electron chi connectivity index (χ4n) is 3.37. The molecule has 0 spiro atoms. The molecular formula is C21H22N8O3. The smallest absolute Gasteiger partial charge is 0.387 e. The number of ether oxygens (including phenoxy) is 1. The molecule has 32 heavy (non-hydrogen) atoms. The van der Waals surface area contributed by atoms with Gasteiger partial charge in [-0.1, -0.05) is 0 Å². The van der Waals surface area contributed by atoms with Crippen molar-refractivity contribution in [3.63, 3.8) is 0 Å². The molecule has 1 saturated heterocycles. The minimum absolute atomic E-state index is 0.0512. The van der Waals surface area contributed by atoms with Gasteiger partial charge in [0.1, 0.15) is 5.69 Å². The summed E-state index contributed by atoms with van der Waals surface area (Å²) in [5.74, 6) is 0.497. The Hall–Kier alpha value is -4.02. The largest absolute Gasteiger partial charge is 0.418 e. The Morgan fingerprint density at radius 3 is 2.72 bits per heavy atom. The summed E-state index contributed by atoms with van der Waals surface area (Å²) in [7, 11) is 1.66. The van der Waals surface area contributed by atoms with Gasteiger partial charge in [0.2, 0.25) is 0 Å². The molecule has 2 aliphatic rings. The fourth-order valence-corrected chi connectivity index (χ4v) is 3.37. The van der Waals surface area contributed by atoms with E-state index in [1.807, 2.05) is 6.07 Å². The second kappa shape index (κ2) is 8.25. The van der Waals surface area contributed by atoms with Crippen LogP contribution in [0.1, 0.15) is 41.4 Å². The number of aryl methyl sites for hydroxylation is 1. The van der Waals surface area contributed by atoms with E-state index in [0.717, 1.165) is 25.0 Å². The van der Waals surface area contributed by atoms with Crippen molar-refractivity contribution in [3.05, 3.63) is 48.3 Å². The number of pyridine rings is 1. The van der Waals surface area contributed by atoms with Crippen LogP contribution >= 0.6 is 0 Å². The second-order valence-corrected chi connectivity index (χ2v) is 7.78. The number of nitrogens with zero attached hydrogens (tertiary/aromatic N) is 6. The van der Waals surface area contributed by atoms with E-state index >= 15 is 0 Å². The molecule has 2 amide bonds. The zero-order chi connectivity index (χ0) is 22.1. The van der Waals surface area contributed by atoms with Crippen LogP contribution in [-0.4, -0.2) is 54.7 Å². The highest BCUT2D eigenvalue weighted by Gasteiger charge is 2.29. The van der Waals surface area contributed by atoms with Crippen LogP contribution in [0.15, 0.2) is 36.9 Å². The van der Waals surface area contributed by atoms with E-state index in [1.165, 1.54) is 10.9 Å². The lowest BCUT2D eigenvalue weighted by molar-refractivity contribution is 0.0641. The first-order valence-electron chi connectivity index (χ1n) is 10.4. The number of carbonyl (C=O) groups is 2. The molecule has 11 nitrogen and oxygen atoms in total. The Kier molecular flexibility index (Phi) is 5.13. The molecule has 4 heterocycles.